The minimum Gasteiger partial charge on any atom is -0.354 e. The molecule has 0 aliphatic carbocycles. The zero-order chi connectivity index (χ0) is 29.0. The van der Waals surface area contributed by atoms with E-state index in [2.05, 4.69) is 12.2 Å². The average molecular weight is 584 g/mol. The third kappa shape index (κ3) is 9.68. The summed E-state index contributed by atoms with van der Waals surface area (Å²) in [6.07, 6.45) is 3.66. The molecule has 0 saturated heterocycles. The zero-order valence-electron chi connectivity index (χ0n) is 23.1. The van der Waals surface area contributed by atoms with Crippen LogP contribution in [0.15, 0.2) is 84.9 Å². The van der Waals surface area contributed by atoms with E-state index in [0.29, 0.717) is 30.1 Å². The van der Waals surface area contributed by atoms with Gasteiger partial charge in [0.25, 0.3) is 0 Å². The lowest BCUT2D eigenvalue weighted by Crippen LogP contribution is -2.50. The minimum absolute atomic E-state index is 0.0763. The Hall–Kier alpha value is -3.36. The first-order valence-corrected chi connectivity index (χ1v) is 15.8. The van der Waals surface area contributed by atoms with Crippen LogP contribution in [0.4, 0.5) is 5.69 Å². The second-order valence-electron chi connectivity index (χ2n) is 9.78. The molecule has 0 heterocycles. The number of anilines is 1. The number of hydrogen-bond donors (Lipinski definition) is 1. The van der Waals surface area contributed by atoms with Crippen molar-refractivity contribution in [3.63, 3.8) is 0 Å². The molecule has 40 heavy (non-hydrogen) atoms. The number of rotatable bonds is 15. The number of carbonyl (C=O) groups is 2. The van der Waals surface area contributed by atoms with Crippen molar-refractivity contribution in [1.82, 2.24) is 10.2 Å². The van der Waals surface area contributed by atoms with Crippen LogP contribution in [0.3, 0.4) is 0 Å². The summed E-state index contributed by atoms with van der Waals surface area (Å²) in [5.41, 5.74) is 2.29. The highest BCUT2D eigenvalue weighted by molar-refractivity contribution is 7.92. The fourth-order valence-corrected chi connectivity index (χ4v) is 5.67. The van der Waals surface area contributed by atoms with Crippen LogP contribution in [0.5, 0.6) is 0 Å². The molecule has 3 aromatic rings. The number of amides is 2. The molecule has 214 valence electrons. The molecule has 9 heteroatoms. The van der Waals surface area contributed by atoms with Crippen LogP contribution >= 0.6 is 11.6 Å². The highest BCUT2D eigenvalue weighted by Crippen LogP contribution is 2.21. The lowest BCUT2D eigenvalue weighted by Gasteiger charge is -2.32. The molecule has 7 nitrogen and oxygen atoms in total. The van der Waals surface area contributed by atoms with Gasteiger partial charge in [-0.05, 0) is 48.2 Å². The molecular weight excluding hydrogens is 546 g/mol. The predicted octanol–water partition coefficient (Wildman–Crippen LogP) is 5.44. The van der Waals surface area contributed by atoms with Crippen molar-refractivity contribution < 1.29 is 18.0 Å². The van der Waals surface area contributed by atoms with E-state index in [0.717, 1.165) is 30.2 Å². The Morgan fingerprint density at radius 2 is 1.55 bits per heavy atom. The van der Waals surface area contributed by atoms with Crippen LogP contribution < -0.4 is 9.62 Å². The topological polar surface area (TPSA) is 86.8 Å². The number of unbranched alkanes of at least 4 members (excludes halogenated alkanes) is 1. The van der Waals surface area contributed by atoms with Gasteiger partial charge < -0.3 is 10.2 Å². The Labute approximate surface area is 243 Å². The Balaban J connectivity index is 1.86. The molecule has 2 amide bonds. The zero-order valence-corrected chi connectivity index (χ0v) is 24.7. The second kappa shape index (κ2) is 15.4. The predicted molar refractivity (Wildman–Crippen MR) is 162 cm³/mol. The van der Waals surface area contributed by atoms with E-state index in [4.69, 9.17) is 11.6 Å². The van der Waals surface area contributed by atoms with Gasteiger partial charge in [-0.3, -0.25) is 13.9 Å². The molecule has 1 atom stereocenters. The maximum atomic E-state index is 13.8. The lowest BCUT2D eigenvalue weighted by molar-refractivity contribution is -0.141. The molecular formula is C31H38ClN3O4S. The maximum Gasteiger partial charge on any atom is 0.243 e. The molecule has 3 rings (SSSR count). The minimum atomic E-state index is -3.54. The van der Waals surface area contributed by atoms with Gasteiger partial charge in [0.2, 0.25) is 21.8 Å². The van der Waals surface area contributed by atoms with Gasteiger partial charge in [-0.2, -0.15) is 0 Å². The van der Waals surface area contributed by atoms with Crippen LogP contribution in [-0.2, 0) is 32.6 Å². The van der Waals surface area contributed by atoms with Crippen molar-refractivity contribution in [1.29, 1.82) is 0 Å². The summed E-state index contributed by atoms with van der Waals surface area (Å²) in [5, 5.41) is 3.55. The molecule has 0 radical (unpaired) electrons. The van der Waals surface area contributed by atoms with Gasteiger partial charge in [0.1, 0.15) is 6.04 Å². The van der Waals surface area contributed by atoms with Crippen molar-refractivity contribution in [2.75, 3.05) is 23.7 Å². The van der Waals surface area contributed by atoms with E-state index < -0.39 is 16.1 Å². The summed E-state index contributed by atoms with van der Waals surface area (Å²) >= 11 is 6.24. The molecule has 0 aliphatic heterocycles. The summed E-state index contributed by atoms with van der Waals surface area (Å²) < 4.78 is 26.3. The largest absolute Gasteiger partial charge is 0.354 e. The van der Waals surface area contributed by atoms with Crippen molar-refractivity contribution in [3.05, 3.63) is 101 Å². The molecule has 0 spiro atoms. The van der Waals surface area contributed by atoms with Gasteiger partial charge in [0, 0.05) is 37.5 Å². The Bertz CT molecular complexity index is 1340. The van der Waals surface area contributed by atoms with Crippen molar-refractivity contribution in [2.24, 2.45) is 0 Å². The number of carbonyl (C=O) groups excluding carboxylic acids is 2. The number of halogens is 1. The Morgan fingerprint density at radius 3 is 2.17 bits per heavy atom. The number of para-hydroxylation sites is 1. The van der Waals surface area contributed by atoms with Gasteiger partial charge in [-0.25, -0.2) is 8.42 Å². The number of nitrogens with zero attached hydrogens (tertiary/aromatic N) is 2. The van der Waals surface area contributed by atoms with Crippen LogP contribution in [0.2, 0.25) is 5.02 Å². The molecule has 1 N–H and O–H groups in total. The fraction of sp³-hybridized carbons (Fsp3) is 0.355. The summed E-state index contributed by atoms with van der Waals surface area (Å²) in [7, 11) is -3.54. The van der Waals surface area contributed by atoms with Crippen LogP contribution in [0.1, 0.15) is 43.7 Å². The molecule has 0 bridgehead atoms. The number of benzene rings is 3. The number of nitrogens with one attached hydrogen (secondary N) is 1. The normalized spacial score (nSPS) is 12.0. The highest BCUT2D eigenvalue weighted by atomic mass is 35.5. The van der Waals surface area contributed by atoms with Crippen molar-refractivity contribution in [2.45, 2.75) is 51.6 Å². The average Bonchev–Trinajstić information content (AvgIpc) is 2.93. The van der Waals surface area contributed by atoms with E-state index in [1.54, 1.807) is 41.3 Å². The maximum absolute atomic E-state index is 13.8. The van der Waals surface area contributed by atoms with Crippen molar-refractivity contribution in [3.8, 4) is 0 Å². The molecule has 0 fully saturated rings. The first kappa shape index (κ1) is 31.2. The quantitative estimate of drug-likeness (QED) is 0.241. The van der Waals surface area contributed by atoms with Gasteiger partial charge in [0.05, 0.1) is 11.9 Å². The first-order chi connectivity index (χ1) is 19.2. The second-order valence-corrected chi connectivity index (χ2v) is 12.1. The van der Waals surface area contributed by atoms with Crippen LogP contribution in [0.25, 0.3) is 0 Å². The fourth-order valence-electron chi connectivity index (χ4n) is 4.49. The van der Waals surface area contributed by atoms with E-state index in [-0.39, 0.29) is 31.3 Å². The van der Waals surface area contributed by atoms with Gasteiger partial charge >= 0.3 is 0 Å². The monoisotopic (exact) mass is 583 g/mol. The van der Waals surface area contributed by atoms with Crippen LogP contribution in [-0.4, -0.2) is 50.5 Å². The van der Waals surface area contributed by atoms with E-state index in [1.807, 2.05) is 48.5 Å². The lowest BCUT2D eigenvalue weighted by atomic mass is 10.0. The van der Waals surface area contributed by atoms with Gasteiger partial charge in [-0.15, -0.1) is 0 Å². The van der Waals surface area contributed by atoms with Gasteiger partial charge in [-0.1, -0.05) is 85.6 Å². The van der Waals surface area contributed by atoms with E-state index in [9.17, 15) is 18.0 Å². The van der Waals surface area contributed by atoms with E-state index in [1.165, 1.54) is 4.31 Å². The molecule has 3 aromatic carbocycles. The molecule has 0 aromatic heterocycles. The smallest absolute Gasteiger partial charge is 0.243 e. The molecule has 0 aliphatic rings. The summed E-state index contributed by atoms with van der Waals surface area (Å²) in [4.78, 5) is 28.9. The number of sulfonamides is 1. The summed E-state index contributed by atoms with van der Waals surface area (Å²) in [6, 6.07) is 24.9. The van der Waals surface area contributed by atoms with Crippen LogP contribution in [0, 0.1) is 0 Å². The number of hydrogen-bond acceptors (Lipinski definition) is 4. The Morgan fingerprint density at radius 1 is 0.900 bits per heavy atom. The van der Waals surface area contributed by atoms with Crippen molar-refractivity contribution >= 4 is 39.1 Å². The summed E-state index contributed by atoms with van der Waals surface area (Å²) in [6.45, 7) is 2.93. The van der Waals surface area contributed by atoms with Gasteiger partial charge in [0.15, 0.2) is 0 Å². The Kier molecular flexibility index (Phi) is 12.0. The first-order valence-electron chi connectivity index (χ1n) is 13.6. The molecule has 0 saturated carbocycles. The third-order valence-corrected chi connectivity index (χ3v) is 7.97. The van der Waals surface area contributed by atoms with E-state index >= 15 is 0 Å². The third-order valence-electron chi connectivity index (χ3n) is 6.54. The summed E-state index contributed by atoms with van der Waals surface area (Å²) in [5.74, 6) is -0.442. The standard InChI is InChI=1S/C31H38ClN3O4S/c1-3-4-20-33-31(37)29(23-25-13-7-5-8-14-25)34(24-26-15-11-16-27(32)22-26)30(36)19-12-21-35(40(2,38)39)28-17-9-6-10-18-28/h5-11,13-18,22,29H,3-4,12,19-21,23-24H2,1-2H3,(H,33,37). The molecule has 1 unspecified atom stereocenters. The highest BCUT2D eigenvalue weighted by Gasteiger charge is 2.30. The SMILES string of the molecule is CCCCNC(=O)C(Cc1ccccc1)N(Cc1cccc(Cl)c1)C(=O)CCCN(c1ccccc1)S(C)(=O)=O.